The minimum atomic E-state index is -0.218. The van der Waals surface area contributed by atoms with Gasteiger partial charge in [0.1, 0.15) is 0 Å². The number of aromatic nitrogens is 2. The van der Waals surface area contributed by atoms with Crippen molar-refractivity contribution in [2.45, 2.75) is 36.4 Å². The summed E-state index contributed by atoms with van der Waals surface area (Å²) in [7, 11) is 1.79. The summed E-state index contributed by atoms with van der Waals surface area (Å²) < 4.78 is 0.797. The van der Waals surface area contributed by atoms with Crippen molar-refractivity contribution in [3.05, 3.63) is 30.3 Å². The van der Waals surface area contributed by atoms with Crippen molar-refractivity contribution in [3.63, 3.8) is 0 Å². The number of thioether (sulfide) groups is 1. The highest BCUT2D eigenvalue weighted by Gasteiger charge is 2.21. The van der Waals surface area contributed by atoms with Gasteiger partial charge in [-0.2, -0.15) is 0 Å². The SMILES string of the molecule is CC(C)Nc1nnc(S[C@@H](C)C(=O)N(C)c2ccccc2)s1. The number of hydrogen-bond acceptors (Lipinski definition) is 6. The number of carbonyl (C=O) groups is 1. The monoisotopic (exact) mass is 336 g/mol. The molecule has 0 radical (unpaired) electrons. The van der Waals surface area contributed by atoms with E-state index in [1.54, 1.807) is 11.9 Å². The first-order valence-electron chi connectivity index (χ1n) is 7.06. The molecule has 2 rings (SSSR count). The summed E-state index contributed by atoms with van der Waals surface area (Å²) in [6, 6.07) is 9.94. The molecule has 1 N–H and O–H groups in total. The van der Waals surface area contributed by atoms with Gasteiger partial charge in [0.2, 0.25) is 11.0 Å². The van der Waals surface area contributed by atoms with Crippen LogP contribution in [0, 0.1) is 0 Å². The molecular formula is C15H20N4OS2. The summed E-state index contributed by atoms with van der Waals surface area (Å²) in [6.07, 6.45) is 0. The molecular weight excluding hydrogens is 316 g/mol. The number of carbonyl (C=O) groups excluding carboxylic acids is 1. The van der Waals surface area contributed by atoms with Crippen LogP contribution in [0.1, 0.15) is 20.8 Å². The molecule has 0 fully saturated rings. The van der Waals surface area contributed by atoms with E-state index in [9.17, 15) is 4.79 Å². The molecule has 0 aliphatic carbocycles. The first kappa shape index (κ1) is 16.8. The molecule has 2 aromatic rings. The van der Waals surface area contributed by atoms with E-state index in [0.717, 1.165) is 15.2 Å². The molecule has 1 heterocycles. The number of benzene rings is 1. The molecule has 22 heavy (non-hydrogen) atoms. The van der Waals surface area contributed by atoms with Crippen LogP contribution in [-0.2, 0) is 4.79 Å². The van der Waals surface area contributed by atoms with Crippen LogP contribution in [0.25, 0.3) is 0 Å². The fraction of sp³-hybridized carbons (Fsp3) is 0.400. The van der Waals surface area contributed by atoms with E-state index in [-0.39, 0.29) is 11.2 Å². The largest absolute Gasteiger partial charge is 0.358 e. The van der Waals surface area contributed by atoms with E-state index in [0.29, 0.717) is 6.04 Å². The van der Waals surface area contributed by atoms with Crippen LogP contribution in [0.5, 0.6) is 0 Å². The summed E-state index contributed by atoms with van der Waals surface area (Å²) in [6.45, 7) is 5.99. The molecule has 0 saturated carbocycles. The van der Waals surface area contributed by atoms with E-state index in [4.69, 9.17) is 0 Å². The predicted octanol–water partition coefficient (Wildman–Crippen LogP) is 3.50. The summed E-state index contributed by atoms with van der Waals surface area (Å²) >= 11 is 2.91. The van der Waals surface area contributed by atoms with Crippen molar-refractivity contribution in [1.29, 1.82) is 0 Å². The van der Waals surface area contributed by atoms with Gasteiger partial charge in [-0.1, -0.05) is 41.3 Å². The van der Waals surface area contributed by atoms with E-state index >= 15 is 0 Å². The second kappa shape index (κ2) is 7.60. The first-order valence-corrected chi connectivity index (χ1v) is 8.76. The maximum absolute atomic E-state index is 12.5. The summed E-state index contributed by atoms with van der Waals surface area (Å²) in [5.41, 5.74) is 0.888. The zero-order valence-corrected chi connectivity index (χ0v) is 14.7. The van der Waals surface area contributed by atoms with E-state index in [1.165, 1.54) is 23.1 Å². The smallest absolute Gasteiger partial charge is 0.240 e. The van der Waals surface area contributed by atoms with Gasteiger partial charge in [0.05, 0.1) is 5.25 Å². The lowest BCUT2D eigenvalue weighted by Crippen LogP contribution is -2.33. The van der Waals surface area contributed by atoms with Gasteiger partial charge in [0, 0.05) is 18.8 Å². The highest BCUT2D eigenvalue weighted by molar-refractivity contribution is 8.02. The molecule has 1 amide bonds. The van der Waals surface area contributed by atoms with Crippen LogP contribution >= 0.6 is 23.1 Å². The standard InChI is InChI=1S/C15H20N4OS2/c1-10(2)16-14-17-18-15(22-14)21-11(3)13(20)19(4)12-8-6-5-7-9-12/h5-11H,1-4H3,(H,16,17)/t11-/m0/s1. The Kier molecular flexibility index (Phi) is 5.79. The molecule has 1 atom stereocenters. The lowest BCUT2D eigenvalue weighted by atomic mass is 10.3. The molecule has 118 valence electrons. The molecule has 0 aliphatic heterocycles. The van der Waals surface area contributed by atoms with Gasteiger partial charge in [-0.25, -0.2) is 0 Å². The number of anilines is 2. The Morgan fingerprint density at radius 2 is 1.91 bits per heavy atom. The molecule has 5 nitrogen and oxygen atoms in total. The average molecular weight is 336 g/mol. The molecule has 1 aromatic heterocycles. The highest BCUT2D eigenvalue weighted by Crippen LogP contribution is 2.30. The van der Waals surface area contributed by atoms with Crippen molar-refractivity contribution >= 4 is 39.8 Å². The summed E-state index contributed by atoms with van der Waals surface area (Å²) in [5, 5.41) is 12.0. The molecule has 0 bridgehead atoms. The second-order valence-electron chi connectivity index (χ2n) is 5.17. The van der Waals surface area contributed by atoms with Gasteiger partial charge >= 0.3 is 0 Å². The number of para-hydroxylation sites is 1. The third-order valence-corrected chi connectivity index (χ3v) is 4.94. The predicted molar refractivity (Wildman–Crippen MR) is 93.8 cm³/mol. The second-order valence-corrected chi connectivity index (χ2v) is 7.73. The highest BCUT2D eigenvalue weighted by atomic mass is 32.2. The topological polar surface area (TPSA) is 58.1 Å². The van der Waals surface area contributed by atoms with Crippen LogP contribution in [0.4, 0.5) is 10.8 Å². The van der Waals surface area contributed by atoms with Gasteiger partial charge in [-0.3, -0.25) is 4.79 Å². The van der Waals surface area contributed by atoms with Gasteiger partial charge in [0.15, 0.2) is 4.34 Å². The maximum atomic E-state index is 12.5. The van der Waals surface area contributed by atoms with Crippen molar-refractivity contribution in [1.82, 2.24) is 10.2 Å². The minimum Gasteiger partial charge on any atom is -0.358 e. The maximum Gasteiger partial charge on any atom is 0.240 e. The zero-order chi connectivity index (χ0) is 16.1. The Morgan fingerprint density at radius 3 is 2.55 bits per heavy atom. The van der Waals surface area contributed by atoms with Crippen LogP contribution in [0.2, 0.25) is 0 Å². The average Bonchev–Trinajstić information content (AvgIpc) is 2.92. The van der Waals surface area contributed by atoms with Gasteiger partial charge in [0.25, 0.3) is 0 Å². The van der Waals surface area contributed by atoms with Crippen LogP contribution in [-0.4, -0.2) is 34.4 Å². The lowest BCUT2D eigenvalue weighted by Gasteiger charge is -2.20. The van der Waals surface area contributed by atoms with Crippen molar-refractivity contribution < 1.29 is 4.79 Å². The molecule has 0 aliphatic rings. The van der Waals surface area contributed by atoms with Crippen LogP contribution in [0.15, 0.2) is 34.7 Å². The summed E-state index contributed by atoms with van der Waals surface area (Å²) in [4.78, 5) is 14.2. The quantitative estimate of drug-likeness (QED) is 0.818. The fourth-order valence-electron chi connectivity index (χ4n) is 1.82. The molecule has 0 spiro atoms. The Hall–Kier alpha value is -1.60. The van der Waals surface area contributed by atoms with E-state index in [1.807, 2.05) is 37.3 Å². The van der Waals surface area contributed by atoms with E-state index in [2.05, 4.69) is 29.4 Å². The molecule has 0 saturated heterocycles. The zero-order valence-electron chi connectivity index (χ0n) is 13.1. The van der Waals surface area contributed by atoms with Crippen LogP contribution < -0.4 is 10.2 Å². The fourth-order valence-corrected chi connectivity index (χ4v) is 3.95. The van der Waals surface area contributed by atoms with Crippen molar-refractivity contribution in [2.75, 3.05) is 17.3 Å². The number of hydrogen-bond donors (Lipinski definition) is 1. The number of nitrogens with zero attached hydrogens (tertiary/aromatic N) is 3. The van der Waals surface area contributed by atoms with Gasteiger partial charge < -0.3 is 10.2 Å². The molecule has 1 aromatic carbocycles. The number of nitrogens with one attached hydrogen (secondary N) is 1. The lowest BCUT2D eigenvalue weighted by molar-refractivity contribution is -0.117. The Labute approximate surface area is 139 Å². The third-order valence-electron chi connectivity index (χ3n) is 2.92. The van der Waals surface area contributed by atoms with Crippen molar-refractivity contribution in [2.24, 2.45) is 0 Å². The number of rotatable bonds is 6. The first-order chi connectivity index (χ1) is 10.5. The van der Waals surface area contributed by atoms with Crippen LogP contribution in [0.3, 0.4) is 0 Å². The molecule has 0 unspecified atom stereocenters. The minimum absolute atomic E-state index is 0.0461. The third kappa shape index (κ3) is 4.45. The Balaban J connectivity index is 1.98. The van der Waals surface area contributed by atoms with Gasteiger partial charge in [-0.05, 0) is 32.9 Å². The van der Waals surface area contributed by atoms with Crippen molar-refractivity contribution in [3.8, 4) is 0 Å². The Morgan fingerprint density at radius 1 is 1.23 bits per heavy atom. The normalized spacial score (nSPS) is 12.2. The molecule has 7 heteroatoms. The van der Waals surface area contributed by atoms with Gasteiger partial charge in [-0.15, -0.1) is 10.2 Å². The number of amides is 1. The summed E-state index contributed by atoms with van der Waals surface area (Å²) in [5.74, 6) is 0.0461. The van der Waals surface area contributed by atoms with E-state index < -0.39 is 0 Å². The Bertz CT molecular complexity index is 615.